The van der Waals surface area contributed by atoms with Gasteiger partial charge in [0.15, 0.2) is 5.69 Å². The molecule has 2 aliphatic carbocycles. The molecule has 1 nitrogen and oxygen atoms in total. The van der Waals surface area contributed by atoms with Crippen LogP contribution in [0.3, 0.4) is 0 Å². The lowest BCUT2D eigenvalue weighted by Crippen LogP contribution is -2.29. The summed E-state index contributed by atoms with van der Waals surface area (Å²) in [6, 6.07) is 57.8. The number of rotatable bonds is 2. The smallest absolute Gasteiger partial charge is 0.187 e. The SMILES string of the molecule is [C-]#[N+]c1ccc(-c2ccc3c(c2)C2(c4cc(-c5ccc(C)cc5)ccc4-c4ccccc4-3)c3ccccc3-c3ccccc32)cc1. The second-order valence-electron chi connectivity index (χ2n) is 12.4. The minimum absolute atomic E-state index is 0.552. The Morgan fingerprint density at radius 3 is 1.26 bits per heavy atom. The van der Waals surface area contributed by atoms with E-state index in [9.17, 15) is 0 Å². The molecule has 1 heteroatoms. The molecule has 46 heavy (non-hydrogen) atoms. The minimum atomic E-state index is -0.552. The van der Waals surface area contributed by atoms with Gasteiger partial charge in [0, 0.05) is 0 Å². The highest BCUT2D eigenvalue weighted by atomic mass is 14.6. The molecular weight excluding hydrogens is 555 g/mol. The highest BCUT2D eigenvalue weighted by Crippen LogP contribution is 2.62. The van der Waals surface area contributed by atoms with Crippen molar-refractivity contribution in [1.29, 1.82) is 0 Å². The zero-order valence-electron chi connectivity index (χ0n) is 25.5. The highest BCUT2D eigenvalue weighted by molar-refractivity contribution is 5.98. The van der Waals surface area contributed by atoms with Crippen LogP contribution in [0.4, 0.5) is 5.69 Å². The van der Waals surface area contributed by atoms with Crippen molar-refractivity contribution in [2.24, 2.45) is 0 Å². The summed E-state index contributed by atoms with van der Waals surface area (Å²) in [6.07, 6.45) is 0. The third kappa shape index (κ3) is 3.68. The summed E-state index contributed by atoms with van der Waals surface area (Å²) in [5, 5.41) is 0. The molecule has 0 saturated carbocycles. The van der Waals surface area contributed by atoms with E-state index >= 15 is 0 Å². The molecule has 0 aliphatic heterocycles. The van der Waals surface area contributed by atoms with E-state index in [-0.39, 0.29) is 0 Å². The van der Waals surface area contributed by atoms with Crippen LogP contribution >= 0.6 is 0 Å². The van der Waals surface area contributed by atoms with Crippen molar-refractivity contribution >= 4 is 5.69 Å². The van der Waals surface area contributed by atoms with E-state index in [0.717, 1.165) is 11.1 Å². The first kappa shape index (κ1) is 26.4. The van der Waals surface area contributed by atoms with Gasteiger partial charge in [0.2, 0.25) is 0 Å². The molecule has 9 rings (SSSR count). The fraction of sp³-hybridized carbons (Fsp3) is 0.0444. The van der Waals surface area contributed by atoms with Crippen LogP contribution in [0.5, 0.6) is 0 Å². The van der Waals surface area contributed by atoms with Crippen LogP contribution in [0.2, 0.25) is 0 Å². The van der Waals surface area contributed by atoms with Gasteiger partial charge in [-0.15, -0.1) is 0 Å². The van der Waals surface area contributed by atoms with E-state index in [1.165, 1.54) is 72.3 Å². The Bertz CT molecular complexity index is 2320. The van der Waals surface area contributed by atoms with Crippen LogP contribution in [-0.2, 0) is 5.41 Å². The summed E-state index contributed by atoms with van der Waals surface area (Å²) in [5.74, 6) is 0. The van der Waals surface area contributed by atoms with Gasteiger partial charge < -0.3 is 0 Å². The lowest BCUT2D eigenvalue weighted by molar-refractivity contribution is 0.776. The van der Waals surface area contributed by atoms with E-state index in [1.54, 1.807) is 0 Å². The molecule has 0 N–H and O–H groups in total. The minimum Gasteiger partial charge on any atom is -0.238 e. The van der Waals surface area contributed by atoms with Crippen LogP contribution in [0.25, 0.3) is 60.5 Å². The second kappa shape index (κ2) is 10.0. The quantitative estimate of drug-likeness (QED) is 0.178. The largest absolute Gasteiger partial charge is 0.238 e. The Morgan fingerprint density at radius 2 is 0.783 bits per heavy atom. The predicted octanol–water partition coefficient (Wildman–Crippen LogP) is 11.9. The Labute approximate surface area is 269 Å². The first-order chi connectivity index (χ1) is 22.7. The molecule has 0 heterocycles. The standard InChI is InChI=1S/C45H29N/c1-29-15-17-30(18-16-29)32-21-25-39-35-9-3-4-10-36(35)40-26-22-33(31-19-23-34(46-2)24-20-31)28-44(40)45(43(39)27-32)41-13-7-5-11-37(41)38-12-6-8-14-42(38)45/h3-28H,1H3. The third-order valence-electron chi connectivity index (χ3n) is 10.0. The second-order valence-corrected chi connectivity index (χ2v) is 12.4. The number of hydrogen-bond donors (Lipinski definition) is 0. The van der Waals surface area contributed by atoms with Crippen molar-refractivity contribution in [3.05, 3.63) is 197 Å². The molecule has 0 aromatic heterocycles. The molecule has 0 unspecified atom stereocenters. The summed E-state index contributed by atoms with van der Waals surface area (Å²) in [6.45, 7) is 9.61. The van der Waals surface area contributed by atoms with Crippen molar-refractivity contribution in [2.75, 3.05) is 0 Å². The van der Waals surface area contributed by atoms with Gasteiger partial charge >= 0.3 is 0 Å². The molecule has 214 valence electrons. The molecular formula is C45H29N. The summed E-state index contributed by atoms with van der Waals surface area (Å²) in [5.41, 5.74) is 18.8. The average Bonchev–Trinajstić information content (AvgIpc) is 3.37. The Balaban J connectivity index is 1.46. The maximum absolute atomic E-state index is 7.47. The molecule has 0 saturated heterocycles. The van der Waals surface area contributed by atoms with Crippen LogP contribution in [0.1, 0.15) is 27.8 Å². The van der Waals surface area contributed by atoms with Crippen molar-refractivity contribution < 1.29 is 0 Å². The molecule has 0 atom stereocenters. The van der Waals surface area contributed by atoms with E-state index < -0.39 is 5.41 Å². The normalized spacial score (nSPS) is 13.0. The number of benzene rings is 7. The van der Waals surface area contributed by atoms with E-state index in [4.69, 9.17) is 6.57 Å². The zero-order valence-corrected chi connectivity index (χ0v) is 25.5. The molecule has 0 radical (unpaired) electrons. The maximum Gasteiger partial charge on any atom is 0.187 e. The molecule has 0 bridgehead atoms. The molecule has 1 spiro atoms. The van der Waals surface area contributed by atoms with Gasteiger partial charge in [-0.3, -0.25) is 0 Å². The topological polar surface area (TPSA) is 4.36 Å². The van der Waals surface area contributed by atoms with Gasteiger partial charge in [-0.2, -0.15) is 0 Å². The summed E-state index contributed by atoms with van der Waals surface area (Å²) in [7, 11) is 0. The third-order valence-corrected chi connectivity index (χ3v) is 10.0. The maximum atomic E-state index is 7.47. The van der Waals surface area contributed by atoms with Gasteiger partial charge in [0.1, 0.15) is 0 Å². The fourth-order valence-electron chi connectivity index (χ4n) is 7.93. The summed E-state index contributed by atoms with van der Waals surface area (Å²) >= 11 is 0. The number of aryl methyl sites for hydroxylation is 1. The van der Waals surface area contributed by atoms with Crippen molar-refractivity contribution in [2.45, 2.75) is 12.3 Å². The molecule has 7 aromatic carbocycles. The van der Waals surface area contributed by atoms with Crippen molar-refractivity contribution in [3.63, 3.8) is 0 Å². The van der Waals surface area contributed by atoms with Crippen molar-refractivity contribution in [3.8, 4) is 55.6 Å². The first-order valence-electron chi connectivity index (χ1n) is 15.8. The Morgan fingerprint density at radius 1 is 0.391 bits per heavy atom. The fourth-order valence-corrected chi connectivity index (χ4v) is 7.93. The first-order valence-corrected chi connectivity index (χ1v) is 15.8. The number of fused-ring (bicyclic) bond motifs is 12. The molecule has 0 amide bonds. The van der Waals surface area contributed by atoms with Gasteiger partial charge in [0.05, 0.1) is 12.0 Å². The average molecular weight is 584 g/mol. The lowest BCUT2D eigenvalue weighted by Gasteiger charge is -2.36. The zero-order chi connectivity index (χ0) is 30.8. The lowest BCUT2D eigenvalue weighted by atomic mass is 9.65. The molecule has 0 fully saturated rings. The van der Waals surface area contributed by atoms with Gasteiger partial charge in [0.25, 0.3) is 0 Å². The predicted molar refractivity (Wildman–Crippen MR) is 190 cm³/mol. The van der Waals surface area contributed by atoms with Gasteiger partial charge in [-0.1, -0.05) is 151 Å². The van der Waals surface area contributed by atoms with Crippen LogP contribution in [-0.4, -0.2) is 0 Å². The Kier molecular flexibility index (Phi) is 5.76. The molecule has 2 aliphatic rings. The molecule has 7 aromatic rings. The van der Waals surface area contributed by atoms with Crippen LogP contribution in [0, 0.1) is 13.5 Å². The van der Waals surface area contributed by atoms with Crippen LogP contribution in [0.15, 0.2) is 158 Å². The monoisotopic (exact) mass is 583 g/mol. The number of nitrogens with zero attached hydrogens (tertiary/aromatic N) is 1. The number of hydrogen-bond acceptors (Lipinski definition) is 0. The van der Waals surface area contributed by atoms with E-state index in [2.05, 4.69) is 157 Å². The van der Waals surface area contributed by atoms with Gasteiger partial charge in [-0.05, 0) is 96.9 Å². The van der Waals surface area contributed by atoms with Gasteiger partial charge in [-0.25, -0.2) is 4.85 Å². The summed E-state index contributed by atoms with van der Waals surface area (Å²) < 4.78 is 0. The highest BCUT2D eigenvalue weighted by Gasteiger charge is 2.49. The van der Waals surface area contributed by atoms with E-state index in [1.807, 2.05) is 12.1 Å². The van der Waals surface area contributed by atoms with E-state index in [0.29, 0.717) is 5.69 Å². The Hall–Kier alpha value is -5.97. The summed E-state index contributed by atoms with van der Waals surface area (Å²) in [4.78, 5) is 3.63. The van der Waals surface area contributed by atoms with Crippen molar-refractivity contribution in [1.82, 2.24) is 0 Å². The van der Waals surface area contributed by atoms with Crippen LogP contribution < -0.4 is 0 Å².